The van der Waals surface area contributed by atoms with Gasteiger partial charge in [-0.3, -0.25) is 4.90 Å². The van der Waals surface area contributed by atoms with Crippen LogP contribution in [0.1, 0.15) is 11.3 Å². The number of amides is 2. The lowest BCUT2D eigenvalue weighted by molar-refractivity contribution is -0.136. The number of carbonyl (C=O) groups is 1. The van der Waals surface area contributed by atoms with Gasteiger partial charge in [0.25, 0.3) is 0 Å². The summed E-state index contributed by atoms with van der Waals surface area (Å²) in [6, 6.07) is 9.82. The predicted molar refractivity (Wildman–Crippen MR) is 96.6 cm³/mol. The van der Waals surface area contributed by atoms with Crippen molar-refractivity contribution in [2.24, 2.45) is 0 Å². The van der Waals surface area contributed by atoms with Crippen molar-refractivity contribution in [2.45, 2.75) is 12.7 Å². The number of aromatic nitrogens is 1. The van der Waals surface area contributed by atoms with Crippen molar-refractivity contribution in [3.05, 3.63) is 58.9 Å². The second kappa shape index (κ2) is 8.14. The molecule has 1 N–H and O–H groups in total. The lowest BCUT2D eigenvalue weighted by atomic mass is 10.1. The van der Waals surface area contributed by atoms with E-state index in [0.717, 1.165) is 11.8 Å². The average molecular weight is 399 g/mol. The number of rotatable bonds is 3. The highest BCUT2D eigenvalue weighted by molar-refractivity contribution is 6.29. The van der Waals surface area contributed by atoms with Crippen LogP contribution in [0.2, 0.25) is 5.15 Å². The van der Waals surface area contributed by atoms with Crippen LogP contribution in [0.25, 0.3) is 0 Å². The minimum Gasteiger partial charge on any atom is -0.322 e. The van der Waals surface area contributed by atoms with E-state index in [1.807, 2.05) is 12.1 Å². The topological polar surface area (TPSA) is 48.5 Å². The molecule has 2 heterocycles. The fraction of sp³-hybridized carbons (Fsp3) is 0.333. The lowest BCUT2D eigenvalue weighted by Gasteiger charge is -2.34. The van der Waals surface area contributed by atoms with Crippen LogP contribution in [0.15, 0.2) is 42.5 Å². The first-order valence-electron chi connectivity index (χ1n) is 8.39. The van der Waals surface area contributed by atoms with Crippen LogP contribution < -0.4 is 5.32 Å². The Morgan fingerprint density at radius 3 is 2.44 bits per heavy atom. The molecule has 0 unspecified atom stereocenters. The van der Waals surface area contributed by atoms with Crippen LogP contribution >= 0.6 is 11.6 Å². The highest BCUT2D eigenvalue weighted by Gasteiger charge is 2.34. The number of halogens is 4. The molecule has 1 aromatic carbocycles. The van der Waals surface area contributed by atoms with E-state index in [2.05, 4.69) is 15.2 Å². The molecule has 144 valence electrons. The number of anilines is 1. The molecule has 1 aromatic heterocycles. The van der Waals surface area contributed by atoms with E-state index < -0.39 is 17.8 Å². The average Bonchev–Trinajstić information content (AvgIpc) is 2.62. The van der Waals surface area contributed by atoms with Crippen molar-refractivity contribution in [3.63, 3.8) is 0 Å². The van der Waals surface area contributed by atoms with Crippen molar-refractivity contribution in [3.8, 4) is 0 Å². The smallest absolute Gasteiger partial charge is 0.322 e. The summed E-state index contributed by atoms with van der Waals surface area (Å²) in [5.74, 6) is 0. The zero-order valence-electron chi connectivity index (χ0n) is 14.3. The van der Waals surface area contributed by atoms with Gasteiger partial charge in [0.1, 0.15) is 5.15 Å². The molecular formula is C18H18ClF3N4O. The number of urea groups is 1. The summed E-state index contributed by atoms with van der Waals surface area (Å²) in [7, 11) is 0. The van der Waals surface area contributed by atoms with E-state index in [0.29, 0.717) is 37.9 Å². The molecule has 0 bridgehead atoms. The van der Waals surface area contributed by atoms with Gasteiger partial charge < -0.3 is 10.2 Å². The Labute approximate surface area is 159 Å². The Hall–Kier alpha value is -2.32. The van der Waals surface area contributed by atoms with Gasteiger partial charge in [0.15, 0.2) is 0 Å². The molecule has 2 aromatic rings. The molecule has 0 radical (unpaired) electrons. The molecule has 0 aliphatic carbocycles. The number of hydrogen-bond acceptors (Lipinski definition) is 3. The third-order valence-electron chi connectivity index (χ3n) is 4.29. The van der Waals surface area contributed by atoms with E-state index in [1.54, 1.807) is 6.07 Å². The quantitative estimate of drug-likeness (QED) is 0.792. The van der Waals surface area contributed by atoms with Gasteiger partial charge in [0, 0.05) is 32.7 Å². The molecule has 0 spiro atoms. The molecule has 0 atom stereocenters. The maximum atomic E-state index is 13.0. The third-order valence-corrected chi connectivity index (χ3v) is 4.50. The standard InChI is InChI=1S/C18H18ClF3N4O/c19-16-7-3-4-13(23-16)12-25-8-10-26(11-9-25)17(27)24-15-6-2-1-5-14(15)18(20,21)22/h1-7H,8-12H2,(H,24,27). The minimum atomic E-state index is -4.52. The number of benzene rings is 1. The SMILES string of the molecule is O=C(Nc1ccccc1C(F)(F)F)N1CCN(Cc2cccc(Cl)n2)CC1. The predicted octanol–water partition coefficient (Wildman–Crippen LogP) is 4.10. The highest BCUT2D eigenvalue weighted by atomic mass is 35.5. The molecule has 1 saturated heterocycles. The molecule has 1 aliphatic heterocycles. The van der Waals surface area contributed by atoms with E-state index >= 15 is 0 Å². The maximum absolute atomic E-state index is 13.0. The van der Waals surface area contributed by atoms with E-state index in [9.17, 15) is 18.0 Å². The molecule has 27 heavy (non-hydrogen) atoms. The molecule has 3 rings (SSSR count). The van der Waals surface area contributed by atoms with Crippen molar-refractivity contribution in [1.29, 1.82) is 0 Å². The van der Waals surface area contributed by atoms with Crippen LogP contribution in [0, 0.1) is 0 Å². The zero-order chi connectivity index (χ0) is 19.4. The first-order valence-corrected chi connectivity index (χ1v) is 8.76. The number of hydrogen-bond donors (Lipinski definition) is 1. The number of nitrogens with zero attached hydrogens (tertiary/aromatic N) is 3. The van der Waals surface area contributed by atoms with Gasteiger partial charge in [-0.15, -0.1) is 0 Å². The van der Waals surface area contributed by atoms with Crippen LogP contribution in [0.5, 0.6) is 0 Å². The Morgan fingerprint density at radius 2 is 1.78 bits per heavy atom. The summed E-state index contributed by atoms with van der Waals surface area (Å²) in [5.41, 5.74) is -0.260. The summed E-state index contributed by atoms with van der Waals surface area (Å²) in [6.45, 7) is 2.64. The van der Waals surface area contributed by atoms with Gasteiger partial charge in [-0.25, -0.2) is 9.78 Å². The number of pyridine rings is 1. The Balaban J connectivity index is 1.56. The van der Waals surface area contributed by atoms with E-state index in [1.165, 1.54) is 23.1 Å². The Kier molecular flexibility index (Phi) is 5.86. The molecule has 1 aliphatic rings. The summed E-state index contributed by atoms with van der Waals surface area (Å²) in [4.78, 5) is 20.2. The molecule has 5 nitrogen and oxygen atoms in total. The second-order valence-corrected chi connectivity index (χ2v) is 6.58. The van der Waals surface area contributed by atoms with Gasteiger partial charge in [0.2, 0.25) is 0 Å². The fourth-order valence-electron chi connectivity index (χ4n) is 2.91. The summed E-state index contributed by atoms with van der Waals surface area (Å²) < 4.78 is 39.1. The summed E-state index contributed by atoms with van der Waals surface area (Å²) in [6.07, 6.45) is -4.52. The fourth-order valence-corrected chi connectivity index (χ4v) is 3.09. The molecule has 2 amide bonds. The molecule has 9 heteroatoms. The third kappa shape index (κ3) is 5.11. The first-order chi connectivity index (χ1) is 12.8. The normalized spacial score (nSPS) is 15.6. The van der Waals surface area contributed by atoms with Gasteiger partial charge in [-0.1, -0.05) is 29.8 Å². The van der Waals surface area contributed by atoms with Crippen LogP contribution in [-0.2, 0) is 12.7 Å². The van der Waals surface area contributed by atoms with Crippen LogP contribution in [0.4, 0.5) is 23.7 Å². The number of para-hydroxylation sites is 1. The van der Waals surface area contributed by atoms with Gasteiger partial charge in [0.05, 0.1) is 16.9 Å². The summed E-state index contributed by atoms with van der Waals surface area (Å²) in [5, 5.41) is 2.80. The van der Waals surface area contributed by atoms with Crippen molar-refractivity contribution < 1.29 is 18.0 Å². The lowest BCUT2D eigenvalue weighted by Crippen LogP contribution is -2.49. The largest absolute Gasteiger partial charge is 0.418 e. The molecule has 1 fully saturated rings. The van der Waals surface area contributed by atoms with E-state index in [4.69, 9.17) is 11.6 Å². The van der Waals surface area contributed by atoms with E-state index in [-0.39, 0.29) is 5.69 Å². The number of piperazine rings is 1. The van der Waals surface area contributed by atoms with Gasteiger partial charge in [-0.2, -0.15) is 13.2 Å². The first kappa shape index (κ1) is 19.4. The van der Waals surface area contributed by atoms with Crippen molar-refractivity contribution in [1.82, 2.24) is 14.8 Å². The van der Waals surface area contributed by atoms with Gasteiger partial charge >= 0.3 is 12.2 Å². The maximum Gasteiger partial charge on any atom is 0.418 e. The molecular weight excluding hydrogens is 381 g/mol. The molecule has 0 saturated carbocycles. The minimum absolute atomic E-state index is 0.236. The zero-order valence-corrected chi connectivity index (χ0v) is 15.1. The monoisotopic (exact) mass is 398 g/mol. The second-order valence-electron chi connectivity index (χ2n) is 6.19. The van der Waals surface area contributed by atoms with Crippen molar-refractivity contribution >= 4 is 23.3 Å². The van der Waals surface area contributed by atoms with Crippen molar-refractivity contribution in [2.75, 3.05) is 31.5 Å². The number of carbonyl (C=O) groups excluding carboxylic acids is 1. The number of nitrogens with one attached hydrogen (secondary N) is 1. The Morgan fingerprint density at radius 1 is 1.07 bits per heavy atom. The number of alkyl halides is 3. The van der Waals surface area contributed by atoms with Crippen LogP contribution in [-0.4, -0.2) is 47.0 Å². The van der Waals surface area contributed by atoms with Crippen LogP contribution in [0.3, 0.4) is 0 Å². The van der Waals surface area contributed by atoms with Gasteiger partial charge in [-0.05, 0) is 24.3 Å². The highest BCUT2D eigenvalue weighted by Crippen LogP contribution is 2.34. The Bertz CT molecular complexity index is 807. The summed E-state index contributed by atoms with van der Waals surface area (Å²) >= 11 is 5.88.